The van der Waals surface area contributed by atoms with Gasteiger partial charge in [-0.3, -0.25) is 19.7 Å². The monoisotopic (exact) mass is 467 g/mol. The molecule has 7 nitrogen and oxygen atoms in total. The second kappa shape index (κ2) is 10.2. The van der Waals surface area contributed by atoms with Gasteiger partial charge in [-0.1, -0.05) is 56.8 Å². The SMILES string of the molecule is CC(=O)N1CCN(C(=O)/C=C/c2ccc(Sc3ccccc3C(C)(C)C)c([N+](=O)[O-])c2)CC1. The summed E-state index contributed by atoms with van der Waals surface area (Å²) in [6.07, 6.45) is 3.04. The van der Waals surface area contributed by atoms with E-state index in [0.29, 0.717) is 36.6 Å². The van der Waals surface area contributed by atoms with E-state index in [-0.39, 0.29) is 27.8 Å². The van der Waals surface area contributed by atoms with Crippen molar-refractivity contribution in [3.63, 3.8) is 0 Å². The first-order valence-electron chi connectivity index (χ1n) is 10.8. The number of hydrogen-bond donors (Lipinski definition) is 0. The minimum atomic E-state index is -0.387. The van der Waals surface area contributed by atoms with Crippen LogP contribution in [0.5, 0.6) is 0 Å². The normalized spacial score (nSPS) is 14.5. The van der Waals surface area contributed by atoms with E-state index in [1.807, 2.05) is 24.3 Å². The maximum Gasteiger partial charge on any atom is 0.283 e. The van der Waals surface area contributed by atoms with Crippen LogP contribution < -0.4 is 0 Å². The molecule has 0 unspecified atom stereocenters. The molecule has 0 atom stereocenters. The Morgan fingerprint density at radius 3 is 2.24 bits per heavy atom. The third-order valence-electron chi connectivity index (χ3n) is 5.55. The Balaban J connectivity index is 1.77. The molecule has 3 rings (SSSR count). The molecule has 174 valence electrons. The predicted molar refractivity (Wildman–Crippen MR) is 130 cm³/mol. The Bertz CT molecular complexity index is 1080. The van der Waals surface area contributed by atoms with E-state index in [2.05, 4.69) is 20.8 Å². The number of hydrogen-bond acceptors (Lipinski definition) is 5. The lowest BCUT2D eigenvalue weighted by Gasteiger charge is -2.33. The zero-order chi connectivity index (χ0) is 24.2. The molecule has 1 aliphatic heterocycles. The summed E-state index contributed by atoms with van der Waals surface area (Å²) in [5.74, 6) is -0.161. The average molecular weight is 468 g/mol. The topological polar surface area (TPSA) is 83.8 Å². The molecule has 1 aliphatic rings. The van der Waals surface area contributed by atoms with Crippen molar-refractivity contribution in [2.45, 2.75) is 42.9 Å². The molecule has 0 saturated carbocycles. The second-order valence-electron chi connectivity index (χ2n) is 9.00. The summed E-state index contributed by atoms with van der Waals surface area (Å²) >= 11 is 1.38. The fourth-order valence-electron chi connectivity index (χ4n) is 3.68. The molecule has 1 heterocycles. The van der Waals surface area contributed by atoms with Gasteiger partial charge in [0.05, 0.1) is 9.82 Å². The van der Waals surface area contributed by atoms with Crippen LogP contribution in [-0.2, 0) is 15.0 Å². The summed E-state index contributed by atoms with van der Waals surface area (Å²) in [6.45, 7) is 9.86. The van der Waals surface area contributed by atoms with Crippen molar-refractivity contribution in [1.82, 2.24) is 9.80 Å². The zero-order valence-corrected chi connectivity index (χ0v) is 20.2. The highest BCUT2D eigenvalue weighted by molar-refractivity contribution is 7.99. The summed E-state index contributed by atoms with van der Waals surface area (Å²) in [4.78, 5) is 40.3. The molecule has 0 N–H and O–H groups in total. The molecule has 33 heavy (non-hydrogen) atoms. The number of rotatable bonds is 5. The molecule has 1 saturated heterocycles. The van der Waals surface area contributed by atoms with E-state index in [4.69, 9.17) is 0 Å². The number of nitro groups is 1. The van der Waals surface area contributed by atoms with Crippen LogP contribution in [-0.4, -0.2) is 52.7 Å². The number of nitrogens with zero attached hydrogens (tertiary/aromatic N) is 3. The fourth-order valence-corrected chi connectivity index (χ4v) is 4.92. The number of amides is 2. The standard InChI is InChI=1S/C25H29N3O4S/c1-18(29)26-13-15-27(16-14-26)24(30)12-10-19-9-11-23(21(17-19)28(31)32)33-22-8-6-5-7-20(22)25(2,3)4/h5-12,17H,13-16H2,1-4H3/b12-10+. The highest BCUT2D eigenvalue weighted by Gasteiger charge is 2.22. The minimum absolute atomic E-state index is 0.00744. The van der Waals surface area contributed by atoms with Crippen LogP contribution in [0.2, 0.25) is 0 Å². The van der Waals surface area contributed by atoms with Crippen molar-refractivity contribution in [3.05, 3.63) is 69.8 Å². The largest absolute Gasteiger partial charge is 0.339 e. The van der Waals surface area contributed by atoms with E-state index < -0.39 is 0 Å². The summed E-state index contributed by atoms with van der Waals surface area (Å²) in [6, 6.07) is 13.0. The van der Waals surface area contributed by atoms with Crippen molar-refractivity contribution in [2.75, 3.05) is 26.2 Å². The molecule has 1 fully saturated rings. The van der Waals surface area contributed by atoms with Crippen LogP contribution in [0.15, 0.2) is 58.3 Å². The summed E-state index contributed by atoms with van der Waals surface area (Å²) in [7, 11) is 0. The molecule has 0 aromatic heterocycles. The lowest BCUT2D eigenvalue weighted by Crippen LogP contribution is -2.49. The third kappa shape index (κ3) is 6.22. The minimum Gasteiger partial charge on any atom is -0.339 e. The maximum absolute atomic E-state index is 12.5. The van der Waals surface area contributed by atoms with Gasteiger partial charge >= 0.3 is 0 Å². The Labute approximate surface area is 198 Å². The number of benzene rings is 2. The third-order valence-corrected chi connectivity index (χ3v) is 6.69. The number of carbonyl (C=O) groups is 2. The maximum atomic E-state index is 12.5. The van der Waals surface area contributed by atoms with E-state index in [1.54, 1.807) is 28.0 Å². The van der Waals surface area contributed by atoms with Gasteiger partial charge < -0.3 is 9.80 Å². The van der Waals surface area contributed by atoms with Crippen molar-refractivity contribution < 1.29 is 14.5 Å². The van der Waals surface area contributed by atoms with Crippen LogP contribution in [0, 0.1) is 10.1 Å². The first-order valence-corrected chi connectivity index (χ1v) is 11.7. The number of piperazine rings is 1. The smallest absolute Gasteiger partial charge is 0.283 e. The Morgan fingerprint density at radius 1 is 1.00 bits per heavy atom. The Kier molecular flexibility index (Phi) is 7.58. The molecular weight excluding hydrogens is 438 g/mol. The van der Waals surface area contributed by atoms with Gasteiger partial charge in [0, 0.05) is 50.1 Å². The molecule has 0 bridgehead atoms. The van der Waals surface area contributed by atoms with Gasteiger partial charge in [-0.15, -0.1) is 0 Å². The molecule has 2 aromatic carbocycles. The molecule has 0 spiro atoms. The Morgan fingerprint density at radius 2 is 1.64 bits per heavy atom. The van der Waals surface area contributed by atoms with E-state index >= 15 is 0 Å². The first-order chi connectivity index (χ1) is 15.6. The van der Waals surface area contributed by atoms with Gasteiger partial charge in [0.2, 0.25) is 11.8 Å². The zero-order valence-electron chi connectivity index (χ0n) is 19.4. The fraction of sp³-hybridized carbons (Fsp3) is 0.360. The van der Waals surface area contributed by atoms with Gasteiger partial charge in [0.25, 0.3) is 5.69 Å². The molecule has 8 heteroatoms. The van der Waals surface area contributed by atoms with Crippen LogP contribution >= 0.6 is 11.8 Å². The summed E-state index contributed by atoms with van der Waals surface area (Å²) < 4.78 is 0. The summed E-state index contributed by atoms with van der Waals surface area (Å²) in [5, 5.41) is 11.8. The van der Waals surface area contributed by atoms with E-state index in [9.17, 15) is 19.7 Å². The van der Waals surface area contributed by atoms with Gasteiger partial charge in [-0.25, -0.2) is 0 Å². The lowest BCUT2D eigenvalue weighted by atomic mass is 9.87. The van der Waals surface area contributed by atoms with Crippen LogP contribution in [0.3, 0.4) is 0 Å². The average Bonchev–Trinajstić information content (AvgIpc) is 2.77. The quantitative estimate of drug-likeness (QED) is 0.360. The Hall–Kier alpha value is -3.13. The van der Waals surface area contributed by atoms with Crippen molar-refractivity contribution in [1.29, 1.82) is 0 Å². The van der Waals surface area contributed by atoms with Gasteiger partial charge in [0.15, 0.2) is 0 Å². The summed E-state index contributed by atoms with van der Waals surface area (Å²) in [5.41, 5.74) is 1.64. The highest BCUT2D eigenvalue weighted by Crippen LogP contribution is 2.40. The van der Waals surface area contributed by atoms with Gasteiger partial charge in [-0.05, 0) is 34.8 Å². The van der Waals surface area contributed by atoms with E-state index in [1.165, 1.54) is 30.8 Å². The first kappa shape index (κ1) is 24.5. The lowest BCUT2D eigenvalue weighted by molar-refractivity contribution is -0.387. The number of carbonyl (C=O) groups excluding carboxylic acids is 2. The van der Waals surface area contributed by atoms with Gasteiger partial charge in [0.1, 0.15) is 0 Å². The van der Waals surface area contributed by atoms with Crippen molar-refractivity contribution >= 4 is 35.3 Å². The highest BCUT2D eigenvalue weighted by atomic mass is 32.2. The molecule has 2 amide bonds. The molecule has 2 aromatic rings. The molecular formula is C25H29N3O4S. The molecule has 0 aliphatic carbocycles. The molecule has 0 radical (unpaired) electrons. The number of nitro benzene ring substituents is 1. The van der Waals surface area contributed by atoms with Crippen LogP contribution in [0.25, 0.3) is 6.08 Å². The van der Waals surface area contributed by atoms with E-state index in [0.717, 1.165) is 10.5 Å². The van der Waals surface area contributed by atoms with Crippen LogP contribution in [0.1, 0.15) is 38.8 Å². The van der Waals surface area contributed by atoms with Crippen molar-refractivity contribution in [2.24, 2.45) is 0 Å². The second-order valence-corrected chi connectivity index (χ2v) is 10.1. The van der Waals surface area contributed by atoms with Crippen molar-refractivity contribution in [3.8, 4) is 0 Å². The predicted octanol–water partition coefficient (Wildman–Crippen LogP) is 4.75. The van der Waals surface area contributed by atoms with Crippen LogP contribution in [0.4, 0.5) is 5.69 Å². The van der Waals surface area contributed by atoms with Gasteiger partial charge in [-0.2, -0.15) is 0 Å².